The maximum absolute atomic E-state index is 10.6. The number of thiophene rings is 1. The molecule has 1 unspecified atom stereocenters. The van der Waals surface area contributed by atoms with Crippen LogP contribution in [0.4, 0.5) is 0 Å². The molecule has 1 aromatic heterocycles. The van der Waals surface area contributed by atoms with Crippen molar-refractivity contribution in [3.8, 4) is 5.75 Å². The third kappa shape index (κ3) is 7.48. The zero-order valence-corrected chi connectivity index (χ0v) is 19.7. The third-order valence-corrected chi connectivity index (χ3v) is 5.01. The summed E-state index contributed by atoms with van der Waals surface area (Å²) < 4.78 is 5.17. The zero-order valence-electron chi connectivity index (χ0n) is 15.8. The molecule has 3 N–H and O–H groups in total. The number of methoxy groups -OCH3 is 1. The molecule has 0 radical (unpaired) electrons. The number of guanidine groups is 1. The number of hydrogen-bond acceptors (Lipinski definition) is 4. The number of nitrogens with zero attached hydrogens (tertiary/aromatic N) is 1. The summed E-state index contributed by atoms with van der Waals surface area (Å²) >= 11 is 7.84. The largest absolute Gasteiger partial charge is 0.497 e. The van der Waals surface area contributed by atoms with E-state index in [1.54, 1.807) is 25.4 Å². The van der Waals surface area contributed by atoms with Crippen LogP contribution in [0.25, 0.3) is 0 Å². The molecule has 27 heavy (non-hydrogen) atoms. The van der Waals surface area contributed by atoms with Crippen molar-refractivity contribution < 1.29 is 9.84 Å². The summed E-state index contributed by atoms with van der Waals surface area (Å²) in [7, 11) is 1.62. The minimum Gasteiger partial charge on any atom is -0.497 e. The molecule has 0 aliphatic carbocycles. The molecule has 2 rings (SSSR count). The molecule has 2 aromatic rings. The Morgan fingerprint density at radius 2 is 2.11 bits per heavy atom. The Morgan fingerprint density at radius 1 is 1.33 bits per heavy atom. The van der Waals surface area contributed by atoms with Gasteiger partial charge in [0.25, 0.3) is 0 Å². The quantitative estimate of drug-likeness (QED) is 0.278. The lowest BCUT2D eigenvalue weighted by atomic mass is 10.00. The molecule has 0 bridgehead atoms. The fourth-order valence-electron chi connectivity index (χ4n) is 2.41. The van der Waals surface area contributed by atoms with E-state index >= 15 is 0 Å². The summed E-state index contributed by atoms with van der Waals surface area (Å²) in [6, 6.07) is 7.60. The van der Waals surface area contributed by atoms with Gasteiger partial charge in [-0.1, -0.05) is 17.7 Å². The molecule has 0 saturated carbocycles. The molecule has 5 nitrogen and oxygen atoms in total. The van der Waals surface area contributed by atoms with Gasteiger partial charge in [-0.05, 0) is 60.4 Å². The molecule has 0 aliphatic rings. The van der Waals surface area contributed by atoms with Crippen LogP contribution >= 0.6 is 46.9 Å². The molecule has 1 atom stereocenters. The number of hydrogen-bond donors (Lipinski definition) is 3. The SMILES string of the molecule is CCNC(=NCC(C)(O)c1ccsc1)NCCc1ccc(OC)cc1Cl.I. The van der Waals surface area contributed by atoms with E-state index in [0.717, 1.165) is 29.8 Å². The van der Waals surface area contributed by atoms with Gasteiger partial charge in [0.1, 0.15) is 11.4 Å². The number of ether oxygens (including phenoxy) is 1. The first kappa shape index (κ1) is 24.0. The van der Waals surface area contributed by atoms with Crippen LogP contribution in [0.15, 0.2) is 40.0 Å². The summed E-state index contributed by atoms with van der Waals surface area (Å²) in [5.41, 5.74) is 0.940. The van der Waals surface area contributed by atoms with E-state index in [1.807, 2.05) is 41.9 Å². The Kier molecular flexibility index (Phi) is 10.4. The molecule has 0 fully saturated rings. The molecule has 0 aliphatic heterocycles. The first-order valence-electron chi connectivity index (χ1n) is 8.56. The van der Waals surface area contributed by atoms with E-state index in [1.165, 1.54) is 0 Å². The van der Waals surface area contributed by atoms with Crippen molar-refractivity contribution in [3.05, 3.63) is 51.2 Å². The average Bonchev–Trinajstić information content (AvgIpc) is 3.16. The van der Waals surface area contributed by atoms with E-state index in [9.17, 15) is 5.11 Å². The molecular formula is C19H27ClIN3O2S. The number of aliphatic imine (C=N–C) groups is 1. The van der Waals surface area contributed by atoms with Gasteiger partial charge in [-0.3, -0.25) is 0 Å². The number of nitrogens with one attached hydrogen (secondary N) is 2. The van der Waals surface area contributed by atoms with Crippen LogP contribution in [0.1, 0.15) is 25.0 Å². The van der Waals surface area contributed by atoms with Gasteiger partial charge in [0.2, 0.25) is 0 Å². The number of benzene rings is 1. The second-order valence-electron chi connectivity index (χ2n) is 6.12. The molecule has 8 heteroatoms. The van der Waals surface area contributed by atoms with Gasteiger partial charge >= 0.3 is 0 Å². The van der Waals surface area contributed by atoms with Crippen molar-refractivity contribution in [2.45, 2.75) is 25.9 Å². The van der Waals surface area contributed by atoms with Gasteiger partial charge in [-0.2, -0.15) is 11.3 Å². The highest BCUT2D eigenvalue weighted by Gasteiger charge is 2.23. The van der Waals surface area contributed by atoms with E-state index in [-0.39, 0.29) is 30.5 Å². The fraction of sp³-hybridized carbons (Fsp3) is 0.421. The lowest BCUT2D eigenvalue weighted by molar-refractivity contribution is 0.0677. The highest BCUT2D eigenvalue weighted by atomic mass is 127. The van der Waals surface area contributed by atoms with Crippen molar-refractivity contribution in [3.63, 3.8) is 0 Å². The first-order chi connectivity index (χ1) is 12.5. The second-order valence-corrected chi connectivity index (χ2v) is 7.30. The Balaban J connectivity index is 0.00000364. The summed E-state index contributed by atoms with van der Waals surface area (Å²) in [6.45, 7) is 5.49. The fourth-order valence-corrected chi connectivity index (χ4v) is 3.46. The van der Waals surface area contributed by atoms with Gasteiger partial charge in [0.15, 0.2) is 5.96 Å². The Hall–Kier alpha value is -1.03. The van der Waals surface area contributed by atoms with Crippen molar-refractivity contribution in [2.75, 3.05) is 26.7 Å². The van der Waals surface area contributed by atoms with Gasteiger partial charge in [0, 0.05) is 18.1 Å². The maximum Gasteiger partial charge on any atom is 0.191 e. The first-order valence-corrected chi connectivity index (χ1v) is 9.88. The van der Waals surface area contributed by atoms with Crippen LogP contribution in [0.2, 0.25) is 5.02 Å². The van der Waals surface area contributed by atoms with Gasteiger partial charge in [-0.15, -0.1) is 24.0 Å². The average molecular weight is 524 g/mol. The molecule has 0 amide bonds. The Labute approximate surface area is 187 Å². The highest BCUT2D eigenvalue weighted by Crippen LogP contribution is 2.23. The summed E-state index contributed by atoms with van der Waals surface area (Å²) in [6.07, 6.45) is 0.758. The smallest absolute Gasteiger partial charge is 0.191 e. The van der Waals surface area contributed by atoms with Crippen molar-refractivity contribution in [2.24, 2.45) is 4.99 Å². The van der Waals surface area contributed by atoms with E-state index < -0.39 is 5.60 Å². The lowest BCUT2D eigenvalue weighted by Gasteiger charge is -2.21. The predicted octanol–water partition coefficient (Wildman–Crippen LogP) is 4.03. The van der Waals surface area contributed by atoms with Gasteiger partial charge in [-0.25, -0.2) is 4.99 Å². The second kappa shape index (κ2) is 11.7. The van der Waals surface area contributed by atoms with Crippen molar-refractivity contribution in [1.29, 1.82) is 0 Å². The summed E-state index contributed by atoms with van der Waals surface area (Å²) in [4.78, 5) is 4.52. The van der Waals surface area contributed by atoms with Crippen molar-refractivity contribution in [1.82, 2.24) is 10.6 Å². The molecule has 0 saturated heterocycles. The Bertz CT molecular complexity index is 724. The van der Waals surface area contributed by atoms with E-state index in [2.05, 4.69) is 15.6 Å². The zero-order chi connectivity index (χ0) is 19.0. The minimum absolute atomic E-state index is 0. The lowest BCUT2D eigenvalue weighted by Crippen LogP contribution is -2.39. The molecule has 1 aromatic carbocycles. The van der Waals surface area contributed by atoms with Crippen LogP contribution in [0, 0.1) is 0 Å². The van der Waals surface area contributed by atoms with Gasteiger partial charge < -0.3 is 20.5 Å². The number of aliphatic hydroxyl groups is 1. The normalized spacial score (nSPS) is 13.4. The van der Waals surface area contributed by atoms with Crippen LogP contribution in [-0.4, -0.2) is 37.8 Å². The van der Waals surface area contributed by atoms with Gasteiger partial charge in [0.05, 0.1) is 13.7 Å². The van der Waals surface area contributed by atoms with Crippen LogP contribution in [0.3, 0.4) is 0 Å². The highest BCUT2D eigenvalue weighted by molar-refractivity contribution is 14.0. The van der Waals surface area contributed by atoms with Crippen LogP contribution < -0.4 is 15.4 Å². The standard InChI is InChI=1S/C19H26ClN3O2S.HI/c1-4-21-18(23-13-19(2,24)15-8-10-26-12-15)22-9-7-14-5-6-16(25-3)11-17(14)20;/h5-6,8,10-12,24H,4,7,9,13H2,1-3H3,(H2,21,22,23);1H. The summed E-state index contributed by atoms with van der Waals surface area (Å²) in [5, 5.41) is 21.7. The predicted molar refractivity (Wildman–Crippen MR) is 125 cm³/mol. The van der Waals surface area contributed by atoms with Crippen LogP contribution in [0.5, 0.6) is 5.75 Å². The van der Waals surface area contributed by atoms with E-state index in [4.69, 9.17) is 16.3 Å². The molecule has 150 valence electrons. The topological polar surface area (TPSA) is 65.9 Å². The number of halogens is 2. The summed E-state index contributed by atoms with van der Waals surface area (Å²) in [5.74, 6) is 1.42. The molecule has 1 heterocycles. The van der Waals surface area contributed by atoms with Crippen molar-refractivity contribution >= 4 is 52.9 Å². The maximum atomic E-state index is 10.6. The van der Waals surface area contributed by atoms with E-state index in [0.29, 0.717) is 17.5 Å². The third-order valence-electron chi connectivity index (χ3n) is 3.98. The van der Waals surface area contributed by atoms with Crippen LogP contribution in [-0.2, 0) is 12.0 Å². The minimum atomic E-state index is -0.984. The molecule has 0 spiro atoms. The molecular weight excluding hydrogens is 497 g/mol. The monoisotopic (exact) mass is 523 g/mol. The number of rotatable bonds is 8. The Morgan fingerprint density at radius 3 is 2.70 bits per heavy atom.